The minimum absolute atomic E-state index is 0.146. The van der Waals surface area contributed by atoms with Crippen molar-refractivity contribution in [2.45, 2.75) is 58.5 Å². The van der Waals surface area contributed by atoms with Crippen LogP contribution in [0.2, 0.25) is 0 Å². The fraction of sp³-hybridized carbons (Fsp3) is 0.462. The van der Waals surface area contributed by atoms with E-state index in [1.807, 2.05) is 39.0 Å². The Morgan fingerprint density at radius 3 is 2.43 bits per heavy atom. The van der Waals surface area contributed by atoms with Crippen molar-refractivity contribution in [3.63, 3.8) is 0 Å². The second-order valence-electron chi connectivity index (χ2n) is 8.34. The van der Waals surface area contributed by atoms with Crippen molar-refractivity contribution in [1.29, 1.82) is 0 Å². The molecule has 3 aliphatic rings. The monoisotopic (exact) mass is 492 g/mol. The predicted molar refractivity (Wildman–Crippen MR) is 133 cm³/mol. The largest absolute Gasteiger partial charge is 0.471 e. The van der Waals surface area contributed by atoms with Gasteiger partial charge in [-0.25, -0.2) is 0 Å². The lowest BCUT2D eigenvalue weighted by molar-refractivity contribution is -0.186. The number of amides is 1. The maximum absolute atomic E-state index is 12.8. The molecule has 4 N–H and O–H groups in total. The van der Waals surface area contributed by atoms with E-state index in [0.29, 0.717) is 12.8 Å². The van der Waals surface area contributed by atoms with Gasteiger partial charge in [0, 0.05) is 13.1 Å². The van der Waals surface area contributed by atoms with E-state index in [2.05, 4.69) is 41.0 Å². The number of halogens is 3. The van der Waals surface area contributed by atoms with Crippen LogP contribution >= 0.6 is 0 Å². The molecule has 1 fully saturated rings. The minimum atomic E-state index is -4.80. The van der Waals surface area contributed by atoms with Gasteiger partial charge in [0.1, 0.15) is 17.8 Å². The van der Waals surface area contributed by atoms with E-state index in [1.54, 1.807) is 0 Å². The van der Waals surface area contributed by atoms with Crippen LogP contribution < -0.4 is 16.3 Å². The molecule has 1 aromatic rings. The van der Waals surface area contributed by atoms with Crippen LogP contribution in [0, 0.1) is 5.92 Å². The topological polar surface area (TPSA) is 93.9 Å². The number of hydrogen-bond donors (Lipinski definition) is 2. The Morgan fingerprint density at radius 1 is 1.20 bits per heavy atom. The highest BCUT2D eigenvalue weighted by atomic mass is 19.4. The number of benzene rings is 1. The van der Waals surface area contributed by atoms with Gasteiger partial charge in [-0.3, -0.25) is 4.79 Å². The summed E-state index contributed by atoms with van der Waals surface area (Å²) < 4.78 is 44.6. The van der Waals surface area contributed by atoms with E-state index in [4.69, 9.17) is 4.74 Å². The first-order valence-electron chi connectivity index (χ1n) is 11.9. The van der Waals surface area contributed by atoms with Crippen LogP contribution in [0.5, 0.6) is 5.75 Å². The Kier molecular flexibility index (Phi) is 10.4. The molecule has 2 aliphatic heterocycles. The van der Waals surface area contributed by atoms with E-state index in [9.17, 15) is 18.0 Å². The molecule has 0 bridgehead atoms. The Hall–Kier alpha value is -3.23. The van der Waals surface area contributed by atoms with E-state index in [1.165, 1.54) is 5.57 Å². The third-order valence-electron chi connectivity index (χ3n) is 6.18. The number of fused-ring (bicyclic) bond motifs is 1. The highest BCUT2D eigenvalue weighted by molar-refractivity contribution is 5.81. The summed E-state index contributed by atoms with van der Waals surface area (Å²) in [4.78, 5) is 12.5. The fourth-order valence-corrected chi connectivity index (χ4v) is 4.61. The number of carbonyl (C=O) groups is 1. The first kappa shape index (κ1) is 28.0. The zero-order valence-corrected chi connectivity index (χ0v) is 20.5. The summed E-state index contributed by atoms with van der Waals surface area (Å²) in [5.41, 5.74) is 8.06. The van der Waals surface area contributed by atoms with Gasteiger partial charge in [-0.2, -0.15) is 18.3 Å². The molecule has 1 saturated heterocycles. The van der Waals surface area contributed by atoms with E-state index < -0.39 is 12.1 Å². The molecule has 6 nitrogen and oxygen atoms in total. The lowest BCUT2D eigenvalue weighted by atomic mass is 9.76. The van der Waals surface area contributed by atoms with Crippen molar-refractivity contribution in [2.75, 3.05) is 13.1 Å². The summed E-state index contributed by atoms with van der Waals surface area (Å²) in [5.74, 6) is 4.83. The molecule has 192 valence electrons. The Balaban J connectivity index is 0.000000655. The number of hydrazone groups is 1. The molecule has 1 atom stereocenters. The Labute approximate surface area is 205 Å². The lowest BCUT2D eigenvalue weighted by Crippen LogP contribution is -2.46. The summed E-state index contributed by atoms with van der Waals surface area (Å²) in [6, 6.07) is 7.95. The molecule has 0 spiro atoms. The zero-order valence-electron chi connectivity index (χ0n) is 20.5. The predicted octanol–water partition coefficient (Wildman–Crippen LogP) is 5.39. The third kappa shape index (κ3) is 7.37. The van der Waals surface area contributed by atoms with Crippen molar-refractivity contribution in [1.82, 2.24) is 4.90 Å². The summed E-state index contributed by atoms with van der Waals surface area (Å²) in [6.45, 7) is 6.33. The van der Waals surface area contributed by atoms with Crippen molar-refractivity contribution in [2.24, 2.45) is 22.6 Å². The average molecular weight is 493 g/mol. The summed E-state index contributed by atoms with van der Waals surface area (Å²) in [6.07, 6.45) is 5.25. The first-order chi connectivity index (χ1) is 16.7. The Morgan fingerprint density at radius 2 is 1.83 bits per heavy atom. The number of likely N-dealkylation sites (tertiary alicyclic amines) is 1. The van der Waals surface area contributed by atoms with Crippen molar-refractivity contribution >= 4 is 12.2 Å². The number of ether oxygens (including phenoxy) is 1. The van der Waals surface area contributed by atoms with Gasteiger partial charge in [-0.15, -0.1) is 0 Å². The third-order valence-corrected chi connectivity index (χ3v) is 6.18. The average Bonchev–Trinajstić information content (AvgIpc) is 3.12. The zero-order chi connectivity index (χ0) is 26.0. The number of allylic oxidation sites excluding steroid dienone is 5. The van der Waals surface area contributed by atoms with Crippen LogP contribution in [-0.2, 0) is 4.79 Å². The number of nitrogens with zero attached hydrogens (tertiary/aromatic N) is 2. The van der Waals surface area contributed by atoms with E-state index >= 15 is 0 Å². The smallest absolute Gasteiger partial charge is 0.457 e. The standard InChI is InChI=1S/C23H24F3NO2.C2H6.CH5N3/c1-15-5-4-6-17-14-19(18-7-2-3-8-20(18)29-21(17)13-15)16-9-11-27(12-10-16)22(28)23(24,25)26;1-2;2-1-4-3/h2-5,7-8,13,16,19H,6,9-12,14H2,1H3;1-2H3;1H,3H2,(H2,2,4). The van der Waals surface area contributed by atoms with Gasteiger partial charge in [0.25, 0.3) is 0 Å². The first-order valence-corrected chi connectivity index (χ1v) is 11.9. The highest BCUT2D eigenvalue weighted by Crippen LogP contribution is 2.45. The van der Waals surface area contributed by atoms with Crippen molar-refractivity contribution in [3.8, 4) is 5.75 Å². The summed E-state index contributed by atoms with van der Waals surface area (Å²) in [7, 11) is 0. The molecule has 0 radical (unpaired) electrons. The molecule has 4 rings (SSSR count). The van der Waals surface area contributed by atoms with Gasteiger partial charge in [0.15, 0.2) is 0 Å². The van der Waals surface area contributed by atoms with Gasteiger partial charge in [-0.05, 0) is 73.3 Å². The Bertz CT molecular complexity index is 971. The molecule has 1 aromatic carbocycles. The van der Waals surface area contributed by atoms with Gasteiger partial charge in [-0.1, -0.05) is 44.2 Å². The molecule has 2 heterocycles. The van der Waals surface area contributed by atoms with E-state index in [0.717, 1.165) is 46.7 Å². The molecule has 1 aliphatic carbocycles. The number of piperidine rings is 1. The molecular weight excluding hydrogens is 457 g/mol. The molecule has 35 heavy (non-hydrogen) atoms. The molecule has 9 heteroatoms. The van der Waals surface area contributed by atoms with Gasteiger partial charge >= 0.3 is 12.1 Å². The van der Waals surface area contributed by atoms with Crippen LogP contribution in [0.3, 0.4) is 0 Å². The molecule has 1 amide bonds. The van der Waals surface area contributed by atoms with Gasteiger partial charge in [0.05, 0.1) is 0 Å². The number of nitrogens with two attached hydrogens (primary N) is 2. The van der Waals surface area contributed by atoms with E-state index in [-0.39, 0.29) is 24.9 Å². The van der Waals surface area contributed by atoms with Crippen LogP contribution in [0.1, 0.15) is 57.9 Å². The fourth-order valence-electron chi connectivity index (χ4n) is 4.61. The number of carbonyl (C=O) groups excluding carboxylic acids is 1. The maximum atomic E-state index is 12.8. The molecule has 0 saturated carbocycles. The van der Waals surface area contributed by atoms with Crippen LogP contribution in [0.15, 0.2) is 64.5 Å². The van der Waals surface area contributed by atoms with Crippen LogP contribution in [0.25, 0.3) is 0 Å². The normalized spacial score (nSPS) is 20.1. The summed E-state index contributed by atoms with van der Waals surface area (Å²) >= 11 is 0. The second kappa shape index (κ2) is 13.0. The minimum Gasteiger partial charge on any atom is -0.457 e. The lowest BCUT2D eigenvalue weighted by Gasteiger charge is -2.36. The highest BCUT2D eigenvalue weighted by Gasteiger charge is 2.44. The van der Waals surface area contributed by atoms with Crippen LogP contribution in [0.4, 0.5) is 13.2 Å². The number of alkyl halides is 3. The number of para-hydroxylation sites is 1. The quantitative estimate of drug-likeness (QED) is 0.238. The van der Waals surface area contributed by atoms with Gasteiger partial charge < -0.3 is 21.2 Å². The summed E-state index contributed by atoms with van der Waals surface area (Å²) in [5, 5.41) is 2.89. The number of hydrogen-bond acceptors (Lipinski definition) is 4. The molecular formula is C26H35F3N4O2. The second-order valence-corrected chi connectivity index (χ2v) is 8.34. The van der Waals surface area contributed by atoms with Gasteiger partial charge in [0.2, 0.25) is 0 Å². The SMILES string of the molecule is CC.CC1=CC2=C(CC=C1)CC(C1CCN(C(=O)C(F)(F)F)CC1)c1ccccc1O2.N/C=N\N. The van der Waals surface area contributed by atoms with Crippen molar-refractivity contribution < 1.29 is 22.7 Å². The van der Waals surface area contributed by atoms with Crippen LogP contribution in [-0.4, -0.2) is 36.4 Å². The van der Waals surface area contributed by atoms with Crippen molar-refractivity contribution in [3.05, 3.63) is 65.0 Å². The molecule has 0 aromatic heterocycles. The maximum Gasteiger partial charge on any atom is 0.471 e. The molecule has 1 unspecified atom stereocenters. The number of rotatable bonds is 1.